The first-order valence-corrected chi connectivity index (χ1v) is 8.29. The molecule has 0 unspecified atom stereocenters. The molecule has 0 spiro atoms. The zero-order valence-electron chi connectivity index (χ0n) is 13.4. The fraction of sp³-hybridized carbons (Fsp3) is 0.611. The smallest absolute Gasteiger partial charge is 0.166 e. The molecule has 0 atom stereocenters. The Kier molecular flexibility index (Phi) is 6.24. The van der Waals surface area contributed by atoms with Gasteiger partial charge in [-0.15, -0.1) is 0 Å². The number of hydrogen-bond donors (Lipinski definition) is 1. The van der Waals surface area contributed by atoms with Gasteiger partial charge in [-0.3, -0.25) is 4.79 Å². The second-order valence-corrected chi connectivity index (χ2v) is 6.16. The number of carbonyl (C=O) groups excluding carboxylic acids is 1. The van der Waals surface area contributed by atoms with Gasteiger partial charge in [-0.1, -0.05) is 26.0 Å². The third-order valence-electron chi connectivity index (χ3n) is 4.42. The van der Waals surface area contributed by atoms with Gasteiger partial charge >= 0.3 is 0 Å². The summed E-state index contributed by atoms with van der Waals surface area (Å²) >= 11 is 0. The van der Waals surface area contributed by atoms with E-state index in [0.29, 0.717) is 13.0 Å². The van der Waals surface area contributed by atoms with E-state index in [-0.39, 0.29) is 5.78 Å². The average molecular weight is 290 g/mol. The number of para-hydroxylation sites is 1. The van der Waals surface area contributed by atoms with Gasteiger partial charge in [-0.2, -0.15) is 0 Å². The second-order valence-electron chi connectivity index (χ2n) is 6.16. The number of ketones is 1. The van der Waals surface area contributed by atoms with Crippen LogP contribution >= 0.6 is 0 Å². The maximum absolute atomic E-state index is 11.9. The fourth-order valence-corrected chi connectivity index (χ4v) is 2.94. The van der Waals surface area contributed by atoms with Crippen LogP contribution in [0.4, 0.5) is 0 Å². The van der Waals surface area contributed by atoms with Crippen molar-refractivity contribution in [3.63, 3.8) is 0 Å². The van der Waals surface area contributed by atoms with Gasteiger partial charge in [0.1, 0.15) is 5.75 Å². The minimum Gasteiger partial charge on any atom is -0.493 e. The Labute approximate surface area is 128 Å². The molecular weight excluding hydrogens is 262 g/mol. The molecule has 1 heterocycles. The Balaban J connectivity index is 1.75. The van der Waals surface area contributed by atoms with Crippen molar-refractivity contribution in [3.05, 3.63) is 29.8 Å². The minimum atomic E-state index is 0.154. The summed E-state index contributed by atoms with van der Waals surface area (Å²) in [4.78, 5) is 13.6. The maximum atomic E-state index is 11.9. The van der Waals surface area contributed by atoms with Gasteiger partial charge < -0.3 is 9.64 Å². The number of likely N-dealkylation sites (tertiary alicyclic amines) is 1. The molecule has 1 aromatic carbocycles. The lowest BCUT2D eigenvalue weighted by atomic mass is 9.99. The number of nitrogens with one attached hydrogen (secondary N) is 1. The van der Waals surface area contributed by atoms with E-state index in [9.17, 15) is 4.79 Å². The Morgan fingerprint density at radius 2 is 2.00 bits per heavy atom. The van der Waals surface area contributed by atoms with Crippen LogP contribution in [0.3, 0.4) is 0 Å². The summed E-state index contributed by atoms with van der Waals surface area (Å²) in [6.07, 6.45) is 4.28. The first kappa shape index (κ1) is 16.0. The van der Waals surface area contributed by atoms with Crippen molar-refractivity contribution < 1.29 is 14.4 Å². The van der Waals surface area contributed by atoms with E-state index in [1.165, 1.54) is 32.5 Å². The number of carbonyl (C=O) groups is 1. The van der Waals surface area contributed by atoms with E-state index < -0.39 is 0 Å². The van der Waals surface area contributed by atoms with Crippen LogP contribution in [-0.4, -0.2) is 32.0 Å². The van der Waals surface area contributed by atoms with E-state index in [1.54, 1.807) is 4.90 Å². The third kappa shape index (κ3) is 4.85. The van der Waals surface area contributed by atoms with Gasteiger partial charge in [-0.25, -0.2) is 0 Å². The van der Waals surface area contributed by atoms with Crippen LogP contribution in [0.2, 0.25) is 0 Å². The number of hydrogen-bond acceptors (Lipinski definition) is 2. The van der Waals surface area contributed by atoms with Crippen molar-refractivity contribution in [3.8, 4) is 5.75 Å². The average Bonchev–Trinajstić information content (AvgIpc) is 2.53. The molecule has 1 saturated heterocycles. The van der Waals surface area contributed by atoms with Crippen LogP contribution in [0.5, 0.6) is 5.75 Å². The quantitative estimate of drug-likeness (QED) is 0.617. The fourth-order valence-electron chi connectivity index (χ4n) is 2.94. The van der Waals surface area contributed by atoms with E-state index in [0.717, 1.165) is 23.7 Å². The first-order valence-electron chi connectivity index (χ1n) is 8.29. The highest BCUT2D eigenvalue weighted by molar-refractivity contribution is 5.98. The summed E-state index contributed by atoms with van der Waals surface area (Å²) in [7, 11) is 0. The Bertz CT molecular complexity index is 450. The van der Waals surface area contributed by atoms with Crippen molar-refractivity contribution in [1.29, 1.82) is 0 Å². The van der Waals surface area contributed by atoms with Gasteiger partial charge in [-0.05, 0) is 30.9 Å². The molecular formula is C18H28NO2+. The Hall–Kier alpha value is -1.35. The highest BCUT2D eigenvalue weighted by Gasteiger charge is 2.18. The standard InChI is InChI=1S/C18H27NO2/c1-3-17(20)16-7-4-5-8-18(16)21-14-6-11-19-12-9-15(2)10-13-19/h4-5,7-8,15H,3,6,9-14H2,1-2H3/p+1. The molecule has 0 bridgehead atoms. The van der Waals surface area contributed by atoms with Gasteiger partial charge in [0.05, 0.1) is 31.8 Å². The van der Waals surface area contributed by atoms with Crippen LogP contribution in [0.15, 0.2) is 24.3 Å². The lowest BCUT2D eigenvalue weighted by Gasteiger charge is -2.27. The van der Waals surface area contributed by atoms with Gasteiger partial charge in [0.15, 0.2) is 5.78 Å². The summed E-state index contributed by atoms with van der Waals surface area (Å²) in [6.45, 7) is 8.71. The van der Waals surface area contributed by atoms with E-state index >= 15 is 0 Å². The predicted octanol–water partition coefficient (Wildman–Crippen LogP) is 2.36. The highest BCUT2D eigenvalue weighted by Crippen LogP contribution is 2.19. The van der Waals surface area contributed by atoms with Crippen LogP contribution < -0.4 is 9.64 Å². The number of ether oxygens (including phenoxy) is 1. The lowest BCUT2D eigenvalue weighted by Crippen LogP contribution is -3.13. The van der Waals surface area contributed by atoms with E-state index in [4.69, 9.17) is 4.74 Å². The molecule has 0 aliphatic carbocycles. The largest absolute Gasteiger partial charge is 0.493 e. The van der Waals surface area contributed by atoms with Crippen molar-refractivity contribution >= 4 is 5.78 Å². The third-order valence-corrected chi connectivity index (χ3v) is 4.42. The molecule has 1 aromatic rings. The molecule has 1 aliphatic rings. The van der Waals surface area contributed by atoms with E-state index in [1.807, 2.05) is 31.2 Å². The first-order chi connectivity index (χ1) is 10.2. The van der Waals surface area contributed by atoms with Gasteiger partial charge in [0.2, 0.25) is 0 Å². The molecule has 116 valence electrons. The van der Waals surface area contributed by atoms with Crippen molar-refractivity contribution in [1.82, 2.24) is 0 Å². The number of Topliss-reactive ketones (excluding diaryl/α,β-unsaturated/α-hetero) is 1. The number of benzene rings is 1. The second kappa shape index (κ2) is 8.18. The number of quaternary nitrogens is 1. The molecule has 0 saturated carbocycles. The van der Waals surface area contributed by atoms with Crippen LogP contribution in [-0.2, 0) is 0 Å². The van der Waals surface area contributed by atoms with Crippen molar-refractivity contribution in [2.75, 3.05) is 26.2 Å². The zero-order valence-corrected chi connectivity index (χ0v) is 13.4. The molecule has 3 heteroatoms. The molecule has 1 aliphatic heterocycles. The summed E-state index contributed by atoms with van der Waals surface area (Å²) in [6, 6.07) is 7.59. The number of piperidine rings is 1. The van der Waals surface area contributed by atoms with Crippen LogP contribution in [0, 0.1) is 5.92 Å². The summed E-state index contributed by atoms with van der Waals surface area (Å²) in [5.41, 5.74) is 0.721. The number of rotatable bonds is 7. The zero-order chi connectivity index (χ0) is 15.1. The molecule has 3 nitrogen and oxygen atoms in total. The van der Waals surface area contributed by atoms with Gasteiger partial charge in [0, 0.05) is 12.8 Å². The van der Waals surface area contributed by atoms with E-state index in [2.05, 4.69) is 6.92 Å². The molecule has 21 heavy (non-hydrogen) atoms. The molecule has 1 N–H and O–H groups in total. The SMILES string of the molecule is CCC(=O)c1ccccc1OCCC[NH+]1CCC(C)CC1. The summed E-state index contributed by atoms with van der Waals surface area (Å²) in [5, 5.41) is 0. The maximum Gasteiger partial charge on any atom is 0.166 e. The van der Waals surface area contributed by atoms with Crippen molar-refractivity contribution in [2.45, 2.75) is 39.5 Å². The monoisotopic (exact) mass is 290 g/mol. The van der Waals surface area contributed by atoms with Crippen molar-refractivity contribution in [2.24, 2.45) is 5.92 Å². The summed E-state index contributed by atoms with van der Waals surface area (Å²) < 4.78 is 5.84. The minimum absolute atomic E-state index is 0.154. The van der Waals surface area contributed by atoms with Crippen LogP contribution in [0.25, 0.3) is 0 Å². The molecule has 0 aromatic heterocycles. The molecule has 1 fully saturated rings. The predicted molar refractivity (Wildman–Crippen MR) is 85.1 cm³/mol. The normalized spacial score (nSPS) is 22.0. The topological polar surface area (TPSA) is 30.7 Å². The Morgan fingerprint density at radius 1 is 1.29 bits per heavy atom. The molecule has 0 radical (unpaired) electrons. The molecule has 0 amide bonds. The Morgan fingerprint density at radius 3 is 2.71 bits per heavy atom. The highest BCUT2D eigenvalue weighted by atomic mass is 16.5. The van der Waals surface area contributed by atoms with Crippen LogP contribution in [0.1, 0.15) is 49.9 Å². The summed E-state index contributed by atoms with van der Waals surface area (Å²) in [5.74, 6) is 1.80. The van der Waals surface area contributed by atoms with Gasteiger partial charge in [0.25, 0.3) is 0 Å². The molecule has 2 rings (SSSR count). The lowest BCUT2D eigenvalue weighted by molar-refractivity contribution is -0.906.